The zero-order chi connectivity index (χ0) is 15.0. The van der Waals surface area contributed by atoms with Gasteiger partial charge < -0.3 is 10.4 Å². The third kappa shape index (κ3) is 5.38. The molecule has 1 atom stereocenters. The number of thioether (sulfide) groups is 1. The molecule has 1 aromatic heterocycles. The maximum atomic E-state index is 11.2. The molecule has 0 aliphatic carbocycles. The van der Waals surface area contributed by atoms with Gasteiger partial charge in [-0.05, 0) is 37.8 Å². The number of hydrogen-bond acceptors (Lipinski definition) is 6. The lowest BCUT2D eigenvalue weighted by molar-refractivity contribution is -0.144. The average Bonchev–Trinajstić information content (AvgIpc) is 2.86. The molecule has 0 bridgehead atoms. The van der Waals surface area contributed by atoms with E-state index in [4.69, 9.17) is 0 Å². The second-order valence-corrected chi connectivity index (χ2v) is 6.90. The summed E-state index contributed by atoms with van der Waals surface area (Å²) in [6.07, 6.45) is 3.39. The molecule has 0 amide bonds. The highest BCUT2D eigenvalue weighted by atomic mass is 32.2. The molecule has 0 fully saturated rings. The van der Waals surface area contributed by atoms with Gasteiger partial charge >= 0.3 is 5.97 Å². The molecule has 0 saturated heterocycles. The highest BCUT2D eigenvalue weighted by molar-refractivity contribution is 8.00. The molecule has 0 saturated carbocycles. The SMILES string of the molecule is CCNC(C)(CCCCSc1nc(CC)ns1)C(=O)O. The van der Waals surface area contributed by atoms with Crippen LogP contribution in [0.1, 0.15) is 45.9 Å². The number of aryl methyl sites for hydroxylation is 1. The summed E-state index contributed by atoms with van der Waals surface area (Å²) in [5, 5.41) is 12.3. The van der Waals surface area contributed by atoms with Gasteiger partial charge in [-0.25, -0.2) is 4.98 Å². The maximum absolute atomic E-state index is 11.2. The molecule has 20 heavy (non-hydrogen) atoms. The standard InChI is InChI=1S/C13H23N3O2S2/c1-4-10-15-12(20-16-10)19-9-7-6-8-13(3,11(17)18)14-5-2/h14H,4-9H2,1-3H3,(H,17,18). The topological polar surface area (TPSA) is 75.1 Å². The Morgan fingerprint density at radius 3 is 2.75 bits per heavy atom. The van der Waals surface area contributed by atoms with Crippen molar-refractivity contribution in [3.05, 3.63) is 5.82 Å². The van der Waals surface area contributed by atoms with E-state index in [2.05, 4.69) is 14.7 Å². The largest absolute Gasteiger partial charge is 0.480 e. The minimum absolute atomic E-state index is 0.646. The van der Waals surface area contributed by atoms with E-state index in [-0.39, 0.29) is 0 Å². The number of rotatable bonds is 10. The van der Waals surface area contributed by atoms with E-state index in [0.717, 1.165) is 35.2 Å². The van der Waals surface area contributed by atoms with Gasteiger partial charge in [0.25, 0.3) is 0 Å². The van der Waals surface area contributed by atoms with Gasteiger partial charge in [-0.3, -0.25) is 4.79 Å². The van der Waals surface area contributed by atoms with Gasteiger partial charge in [0.05, 0.1) is 0 Å². The highest BCUT2D eigenvalue weighted by Crippen LogP contribution is 2.23. The molecule has 1 heterocycles. The number of likely N-dealkylation sites (N-methyl/N-ethyl adjacent to an activating group) is 1. The minimum Gasteiger partial charge on any atom is -0.480 e. The van der Waals surface area contributed by atoms with Crippen LogP contribution in [-0.4, -0.2) is 38.3 Å². The Kier molecular flexibility index (Phi) is 7.47. The van der Waals surface area contributed by atoms with Gasteiger partial charge in [-0.1, -0.05) is 32.0 Å². The van der Waals surface area contributed by atoms with Gasteiger partial charge in [-0.15, -0.1) is 0 Å². The number of carboxylic acids is 1. The molecule has 0 radical (unpaired) electrons. The summed E-state index contributed by atoms with van der Waals surface area (Å²) in [7, 11) is 0. The first-order valence-electron chi connectivity index (χ1n) is 6.95. The minimum atomic E-state index is -0.808. The van der Waals surface area contributed by atoms with E-state index in [0.29, 0.717) is 13.0 Å². The van der Waals surface area contributed by atoms with Crippen LogP contribution in [-0.2, 0) is 11.2 Å². The van der Waals surface area contributed by atoms with Crippen LogP contribution in [0.5, 0.6) is 0 Å². The number of nitrogens with one attached hydrogen (secondary N) is 1. The molecule has 1 aromatic rings. The highest BCUT2D eigenvalue weighted by Gasteiger charge is 2.30. The molecule has 0 spiro atoms. The second kappa shape index (κ2) is 8.59. The summed E-state index contributed by atoms with van der Waals surface area (Å²) in [5.74, 6) is 1.09. The number of unbranched alkanes of at least 4 members (excludes halogenated alkanes) is 1. The predicted octanol–water partition coefficient (Wildman–Crippen LogP) is 2.82. The Bertz CT molecular complexity index is 426. The van der Waals surface area contributed by atoms with Gasteiger partial charge in [-0.2, -0.15) is 4.37 Å². The summed E-state index contributed by atoms with van der Waals surface area (Å²) in [4.78, 5) is 15.6. The number of carboxylic acid groups (broad SMARTS) is 1. The lowest BCUT2D eigenvalue weighted by Crippen LogP contribution is -2.49. The zero-order valence-corrected chi connectivity index (χ0v) is 13.9. The second-order valence-electron chi connectivity index (χ2n) is 4.80. The first kappa shape index (κ1) is 17.4. The van der Waals surface area contributed by atoms with Crippen LogP contribution in [0.25, 0.3) is 0 Å². The summed E-state index contributed by atoms with van der Waals surface area (Å²) in [6.45, 7) is 6.40. The molecule has 0 aromatic carbocycles. The third-order valence-electron chi connectivity index (χ3n) is 3.10. The maximum Gasteiger partial charge on any atom is 0.323 e. The smallest absolute Gasteiger partial charge is 0.323 e. The molecule has 114 valence electrons. The van der Waals surface area contributed by atoms with E-state index >= 15 is 0 Å². The Hall–Kier alpha value is -0.660. The number of carbonyl (C=O) groups is 1. The molecule has 7 heteroatoms. The summed E-state index contributed by atoms with van der Waals surface area (Å²) in [6, 6.07) is 0. The Labute approximate surface area is 128 Å². The van der Waals surface area contributed by atoms with E-state index in [1.165, 1.54) is 11.5 Å². The average molecular weight is 317 g/mol. The Balaban J connectivity index is 2.25. The number of hydrogen-bond donors (Lipinski definition) is 2. The molecular weight excluding hydrogens is 294 g/mol. The van der Waals surface area contributed by atoms with Crippen molar-refractivity contribution in [1.82, 2.24) is 14.7 Å². The van der Waals surface area contributed by atoms with Crippen molar-refractivity contribution in [2.24, 2.45) is 0 Å². The van der Waals surface area contributed by atoms with Crippen LogP contribution in [0.2, 0.25) is 0 Å². The van der Waals surface area contributed by atoms with Crippen LogP contribution < -0.4 is 5.32 Å². The zero-order valence-electron chi connectivity index (χ0n) is 12.3. The van der Waals surface area contributed by atoms with E-state index in [1.807, 2.05) is 13.8 Å². The predicted molar refractivity (Wildman–Crippen MR) is 83.6 cm³/mol. The van der Waals surface area contributed by atoms with Crippen LogP contribution in [0, 0.1) is 0 Å². The van der Waals surface area contributed by atoms with E-state index in [9.17, 15) is 9.90 Å². The molecule has 2 N–H and O–H groups in total. The fraction of sp³-hybridized carbons (Fsp3) is 0.769. The van der Waals surface area contributed by atoms with Gasteiger partial charge in [0, 0.05) is 12.2 Å². The van der Waals surface area contributed by atoms with Crippen LogP contribution in [0.15, 0.2) is 4.34 Å². The lowest BCUT2D eigenvalue weighted by Gasteiger charge is -2.25. The fourth-order valence-electron chi connectivity index (χ4n) is 1.84. The van der Waals surface area contributed by atoms with E-state index < -0.39 is 11.5 Å². The monoisotopic (exact) mass is 317 g/mol. The van der Waals surface area contributed by atoms with Crippen LogP contribution >= 0.6 is 23.3 Å². The summed E-state index contributed by atoms with van der Waals surface area (Å²) in [5.41, 5.74) is -0.808. The first-order chi connectivity index (χ1) is 9.51. The molecule has 1 rings (SSSR count). The van der Waals surface area contributed by atoms with Crippen molar-refractivity contribution < 1.29 is 9.90 Å². The first-order valence-corrected chi connectivity index (χ1v) is 8.71. The van der Waals surface area contributed by atoms with Crippen molar-refractivity contribution in [3.8, 4) is 0 Å². The summed E-state index contributed by atoms with van der Waals surface area (Å²) < 4.78 is 5.25. The molecule has 5 nitrogen and oxygen atoms in total. The van der Waals surface area contributed by atoms with Crippen molar-refractivity contribution in [2.75, 3.05) is 12.3 Å². The number of aliphatic carboxylic acids is 1. The molecular formula is C13H23N3O2S2. The lowest BCUT2D eigenvalue weighted by atomic mass is 9.95. The number of aromatic nitrogens is 2. The van der Waals surface area contributed by atoms with Crippen molar-refractivity contribution in [2.45, 2.75) is 56.3 Å². The van der Waals surface area contributed by atoms with Crippen molar-refractivity contribution in [1.29, 1.82) is 0 Å². The molecule has 0 aliphatic rings. The van der Waals surface area contributed by atoms with Gasteiger partial charge in [0.1, 0.15) is 11.4 Å². The fourth-order valence-corrected chi connectivity index (χ4v) is 3.61. The quantitative estimate of drug-likeness (QED) is 0.510. The van der Waals surface area contributed by atoms with Gasteiger partial charge in [0.2, 0.25) is 0 Å². The Morgan fingerprint density at radius 1 is 1.45 bits per heavy atom. The van der Waals surface area contributed by atoms with Crippen LogP contribution in [0.4, 0.5) is 0 Å². The van der Waals surface area contributed by atoms with Crippen LogP contribution in [0.3, 0.4) is 0 Å². The van der Waals surface area contributed by atoms with Crippen molar-refractivity contribution in [3.63, 3.8) is 0 Å². The molecule has 1 unspecified atom stereocenters. The van der Waals surface area contributed by atoms with Crippen molar-refractivity contribution >= 4 is 29.3 Å². The molecule has 0 aliphatic heterocycles. The number of nitrogens with zero attached hydrogens (tertiary/aromatic N) is 2. The normalized spacial score (nSPS) is 14.2. The van der Waals surface area contributed by atoms with Gasteiger partial charge in [0.15, 0.2) is 4.34 Å². The van der Waals surface area contributed by atoms with E-state index in [1.54, 1.807) is 18.7 Å². The summed E-state index contributed by atoms with van der Waals surface area (Å²) >= 11 is 3.15. The Morgan fingerprint density at radius 2 is 2.20 bits per heavy atom. The third-order valence-corrected chi connectivity index (χ3v) is 5.06.